The van der Waals surface area contributed by atoms with Crippen LogP contribution < -0.4 is 10.6 Å². The average Bonchev–Trinajstić information content (AvgIpc) is 2.46. The van der Waals surface area contributed by atoms with Gasteiger partial charge in [0.05, 0.1) is 0 Å². The van der Waals surface area contributed by atoms with E-state index in [0.717, 1.165) is 22.3 Å². The van der Waals surface area contributed by atoms with E-state index < -0.39 is 6.04 Å². The third kappa shape index (κ3) is 5.80. The predicted octanol–water partition coefficient (Wildman–Crippen LogP) is 2.61. The van der Waals surface area contributed by atoms with Gasteiger partial charge in [-0.3, -0.25) is 14.4 Å². The molecule has 1 aromatic carbocycles. The Morgan fingerprint density at radius 3 is 2.17 bits per heavy atom. The zero-order valence-corrected chi connectivity index (χ0v) is 15.3. The van der Waals surface area contributed by atoms with E-state index in [2.05, 4.69) is 10.6 Å². The molecule has 5 nitrogen and oxygen atoms in total. The van der Waals surface area contributed by atoms with Crippen LogP contribution in [0, 0.1) is 20.8 Å². The van der Waals surface area contributed by atoms with E-state index in [-0.39, 0.29) is 24.0 Å². The van der Waals surface area contributed by atoms with E-state index in [4.69, 9.17) is 0 Å². The number of amides is 2. The summed E-state index contributed by atoms with van der Waals surface area (Å²) in [7, 11) is 0. The fourth-order valence-electron chi connectivity index (χ4n) is 2.86. The first-order valence-corrected chi connectivity index (χ1v) is 8.44. The maximum atomic E-state index is 12.4. The van der Waals surface area contributed by atoms with Crippen LogP contribution in [0.15, 0.2) is 12.1 Å². The number of benzene rings is 1. The van der Waals surface area contributed by atoms with E-state index in [1.165, 1.54) is 0 Å². The van der Waals surface area contributed by atoms with Crippen molar-refractivity contribution in [1.82, 2.24) is 10.6 Å². The number of Topliss-reactive ketones (excluding diaryl/α,β-unsaturated/α-hetero) is 1. The molecule has 2 N–H and O–H groups in total. The lowest BCUT2D eigenvalue weighted by molar-refractivity contribution is -0.128. The smallest absolute Gasteiger partial charge is 0.242 e. The minimum Gasteiger partial charge on any atom is -0.355 e. The van der Waals surface area contributed by atoms with Crippen molar-refractivity contribution in [2.75, 3.05) is 6.54 Å². The van der Waals surface area contributed by atoms with Crippen LogP contribution in [0.25, 0.3) is 0 Å². The second-order valence-electron chi connectivity index (χ2n) is 6.23. The summed E-state index contributed by atoms with van der Waals surface area (Å²) < 4.78 is 0. The molecule has 0 aliphatic heterocycles. The molecule has 5 heteroatoms. The van der Waals surface area contributed by atoms with Gasteiger partial charge in [0, 0.05) is 24.9 Å². The Morgan fingerprint density at radius 1 is 1.04 bits per heavy atom. The van der Waals surface area contributed by atoms with Crippen molar-refractivity contribution in [3.8, 4) is 0 Å². The van der Waals surface area contributed by atoms with Crippen LogP contribution in [0.4, 0.5) is 0 Å². The van der Waals surface area contributed by atoms with Crippen molar-refractivity contribution in [2.45, 2.75) is 59.9 Å². The summed E-state index contributed by atoms with van der Waals surface area (Å²) in [5.74, 6) is -0.346. The van der Waals surface area contributed by atoms with Gasteiger partial charge >= 0.3 is 0 Å². The maximum absolute atomic E-state index is 12.4. The minimum atomic E-state index is -0.560. The molecule has 24 heavy (non-hydrogen) atoms. The van der Waals surface area contributed by atoms with Crippen LogP contribution in [-0.2, 0) is 9.59 Å². The number of hydrogen-bond acceptors (Lipinski definition) is 3. The Hall–Kier alpha value is -2.17. The van der Waals surface area contributed by atoms with Crippen molar-refractivity contribution in [2.24, 2.45) is 0 Å². The second-order valence-corrected chi connectivity index (χ2v) is 6.23. The van der Waals surface area contributed by atoms with Gasteiger partial charge in [0.1, 0.15) is 6.04 Å². The monoisotopic (exact) mass is 332 g/mol. The van der Waals surface area contributed by atoms with Gasteiger partial charge in [-0.2, -0.15) is 0 Å². The van der Waals surface area contributed by atoms with E-state index in [1.54, 1.807) is 6.92 Å². The zero-order chi connectivity index (χ0) is 18.3. The highest BCUT2D eigenvalue weighted by Crippen LogP contribution is 2.19. The van der Waals surface area contributed by atoms with Gasteiger partial charge in [0.25, 0.3) is 0 Å². The normalized spacial score (nSPS) is 11.7. The fourth-order valence-corrected chi connectivity index (χ4v) is 2.86. The van der Waals surface area contributed by atoms with Crippen molar-refractivity contribution in [3.05, 3.63) is 34.4 Å². The highest BCUT2D eigenvalue weighted by molar-refractivity contribution is 5.99. The van der Waals surface area contributed by atoms with Crippen molar-refractivity contribution in [3.63, 3.8) is 0 Å². The van der Waals surface area contributed by atoms with Crippen molar-refractivity contribution in [1.29, 1.82) is 0 Å². The van der Waals surface area contributed by atoms with Gasteiger partial charge < -0.3 is 10.6 Å². The summed E-state index contributed by atoms with van der Waals surface area (Å²) in [6.07, 6.45) is 1.03. The summed E-state index contributed by atoms with van der Waals surface area (Å²) >= 11 is 0. The molecule has 1 aromatic rings. The summed E-state index contributed by atoms with van der Waals surface area (Å²) in [6.45, 7) is 9.89. The largest absolute Gasteiger partial charge is 0.355 e. The first-order valence-electron chi connectivity index (χ1n) is 8.44. The predicted molar refractivity (Wildman–Crippen MR) is 95.1 cm³/mol. The number of ketones is 1. The standard InChI is InChI=1S/C19H28N2O3/c1-6-20-19(24)15(5)21-17(23)9-7-8-16(22)18-13(3)10-12(2)11-14(18)4/h10-11,15H,6-9H2,1-5H3,(H,20,24)(H,21,23)/t15-/m0/s1. The Morgan fingerprint density at radius 2 is 1.62 bits per heavy atom. The SMILES string of the molecule is CCNC(=O)[C@H](C)NC(=O)CCCC(=O)c1c(C)cc(C)cc1C. The number of likely N-dealkylation sites (N-methyl/N-ethyl adjacent to an activating group) is 1. The van der Waals surface area contributed by atoms with Crippen molar-refractivity contribution >= 4 is 17.6 Å². The third-order valence-electron chi connectivity index (χ3n) is 3.89. The highest BCUT2D eigenvalue weighted by Gasteiger charge is 2.16. The fraction of sp³-hybridized carbons (Fsp3) is 0.526. The number of carbonyl (C=O) groups is 3. The Bertz CT molecular complexity index is 600. The quantitative estimate of drug-likeness (QED) is 0.719. The molecule has 0 unspecified atom stereocenters. The van der Waals surface area contributed by atoms with Gasteiger partial charge in [-0.1, -0.05) is 17.7 Å². The van der Waals surface area contributed by atoms with Crippen LogP contribution in [0.1, 0.15) is 60.2 Å². The number of nitrogens with one attached hydrogen (secondary N) is 2. The summed E-state index contributed by atoms with van der Waals surface area (Å²) in [5.41, 5.74) is 3.86. The van der Waals surface area contributed by atoms with Gasteiger partial charge in [-0.25, -0.2) is 0 Å². The van der Waals surface area contributed by atoms with Crippen LogP contribution in [0.2, 0.25) is 0 Å². The molecule has 0 bridgehead atoms. The van der Waals surface area contributed by atoms with E-state index >= 15 is 0 Å². The van der Waals surface area contributed by atoms with Crippen LogP contribution >= 0.6 is 0 Å². The van der Waals surface area contributed by atoms with Crippen LogP contribution in [0.3, 0.4) is 0 Å². The zero-order valence-electron chi connectivity index (χ0n) is 15.3. The van der Waals surface area contributed by atoms with E-state index in [9.17, 15) is 14.4 Å². The number of aryl methyl sites for hydroxylation is 3. The molecule has 0 heterocycles. The molecule has 0 saturated carbocycles. The topological polar surface area (TPSA) is 75.3 Å². The first-order chi connectivity index (χ1) is 11.3. The van der Waals surface area contributed by atoms with Gasteiger partial charge in [0.2, 0.25) is 11.8 Å². The van der Waals surface area contributed by atoms with Gasteiger partial charge in [0.15, 0.2) is 5.78 Å². The molecule has 0 radical (unpaired) electrons. The molecule has 132 valence electrons. The molecule has 0 fully saturated rings. The lowest BCUT2D eigenvalue weighted by atomic mass is 9.94. The Kier molecular flexibility index (Phi) is 7.62. The molecular weight excluding hydrogens is 304 g/mol. The molecular formula is C19H28N2O3. The molecule has 0 spiro atoms. The summed E-state index contributed by atoms with van der Waals surface area (Å²) in [5, 5.41) is 5.30. The molecule has 1 rings (SSSR count). The number of hydrogen-bond donors (Lipinski definition) is 2. The average molecular weight is 332 g/mol. The molecule has 0 aliphatic rings. The highest BCUT2D eigenvalue weighted by atomic mass is 16.2. The maximum Gasteiger partial charge on any atom is 0.242 e. The lowest BCUT2D eigenvalue weighted by Gasteiger charge is -2.13. The molecule has 0 aromatic heterocycles. The third-order valence-corrected chi connectivity index (χ3v) is 3.89. The lowest BCUT2D eigenvalue weighted by Crippen LogP contribution is -2.44. The first kappa shape index (κ1) is 19.9. The summed E-state index contributed by atoms with van der Waals surface area (Å²) in [4.78, 5) is 35.8. The van der Waals surface area contributed by atoms with E-state index in [0.29, 0.717) is 19.4 Å². The number of carbonyl (C=O) groups excluding carboxylic acids is 3. The molecule has 0 saturated heterocycles. The van der Waals surface area contributed by atoms with E-state index in [1.807, 2.05) is 39.8 Å². The molecule has 1 atom stereocenters. The Balaban J connectivity index is 2.49. The number of rotatable bonds is 8. The van der Waals surface area contributed by atoms with Crippen LogP contribution in [-0.4, -0.2) is 30.2 Å². The molecule has 0 aliphatic carbocycles. The van der Waals surface area contributed by atoms with Crippen molar-refractivity contribution < 1.29 is 14.4 Å². The molecule has 2 amide bonds. The second kappa shape index (κ2) is 9.21. The van der Waals surface area contributed by atoms with Crippen LogP contribution in [0.5, 0.6) is 0 Å². The summed E-state index contributed by atoms with van der Waals surface area (Å²) in [6, 6.07) is 3.44. The van der Waals surface area contributed by atoms with Gasteiger partial charge in [-0.05, 0) is 52.2 Å². The minimum absolute atomic E-state index is 0.0644. The van der Waals surface area contributed by atoms with Gasteiger partial charge in [-0.15, -0.1) is 0 Å². The Labute approximate surface area is 144 Å².